The van der Waals surface area contributed by atoms with Crippen LogP contribution in [0.2, 0.25) is 0 Å². The lowest BCUT2D eigenvalue weighted by Crippen LogP contribution is -2.58. The van der Waals surface area contributed by atoms with Crippen LogP contribution in [-0.4, -0.2) is 47.6 Å². The Balaban J connectivity index is 2.18. The van der Waals surface area contributed by atoms with Crippen molar-refractivity contribution in [2.24, 2.45) is 5.92 Å². The van der Waals surface area contributed by atoms with Crippen LogP contribution in [-0.2, 0) is 9.59 Å². The summed E-state index contributed by atoms with van der Waals surface area (Å²) >= 11 is 0. The van der Waals surface area contributed by atoms with E-state index in [1.54, 1.807) is 11.9 Å². The molecule has 1 saturated carbocycles. The molecule has 2 aliphatic rings. The van der Waals surface area contributed by atoms with E-state index in [0.717, 1.165) is 25.7 Å². The highest BCUT2D eigenvalue weighted by Gasteiger charge is 2.43. The minimum atomic E-state index is -0.858. The van der Waals surface area contributed by atoms with Gasteiger partial charge in [-0.3, -0.25) is 4.79 Å². The quantitative estimate of drug-likeness (QED) is 0.783. The number of hydrogen-bond donors (Lipinski definition) is 2. The molecule has 0 bridgehead atoms. The van der Waals surface area contributed by atoms with E-state index in [2.05, 4.69) is 5.32 Å². The minimum Gasteiger partial charge on any atom is -0.480 e. The van der Waals surface area contributed by atoms with E-state index in [1.165, 1.54) is 6.42 Å². The number of carbonyl (C=O) groups excluding carboxylic acids is 1. The zero-order chi connectivity index (χ0) is 13.1. The number of rotatable bonds is 3. The third-order valence-electron chi connectivity index (χ3n) is 4.27. The highest BCUT2D eigenvalue weighted by atomic mass is 16.4. The maximum Gasteiger partial charge on any atom is 0.326 e. The second-order valence-electron chi connectivity index (χ2n) is 5.37. The number of carboxylic acid groups (broad SMARTS) is 1. The number of likely N-dealkylation sites (N-methyl/N-ethyl adjacent to an activating group) is 1. The second kappa shape index (κ2) is 5.69. The monoisotopic (exact) mass is 254 g/mol. The number of likely N-dealkylation sites (tertiary alicyclic amines) is 1. The normalized spacial score (nSPS) is 31.8. The van der Waals surface area contributed by atoms with Gasteiger partial charge < -0.3 is 15.3 Å². The van der Waals surface area contributed by atoms with Crippen molar-refractivity contribution in [1.29, 1.82) is 0 Å². The van der Waals surface area contributed by atoms with Crippen molar-refractivity contribution in [3.63, 3.8) is 0 Å². The maximum atomic E-state index is 12.2. The minimum absolute atomic E-state index is 0.0681. The fraction of sp³-hybridized carbons (Fsp3) is 0.846. The van der Waals surface area contributed by atoms with Crippen LogP contribution in [0.3, 0.4) is 0 Å². The Hall–Kier alpha value is -1.10. The molecule has 5 heteroatoms. The molecule has 102 valence electrons. The largest absolute Gasteiger partial charge is 0.480 e. The molecular formula is C13H22N2O3. The summed E-state index contributed by atoms with van der Waals surface area (Å²) in [5.41, 5.74) is 0. The van der Waals surface area contributed by atoms with Crippen molar-refractivity contribution in [2.45, 2.75) is 50.6 Å². The fourth-order valence-electron chi connectivity index (χ4n) is 3.48. The fourth-order valence-corrected chi connectivity index (χ4v) is 3.48. The van der Waals surface area contributed by atoms with Gasteiger partial charge in [-0.05, 0) is 38.6 Å². The van der Waals surface area contributed by atoms with Crippen LogP contribution in [0.1, 0.15) is 38.5 Å². The third-order valence-corrected chi connectivity index (χ3v) is 4.27. The molecule has 2 fully saturated rings. The molecule has 2 rings (SSSR count). The van der Waals surface area contributed by atoms with Crippen molar-refractivity contribution in [2.75, 3.05) is 13.6 Å². The molecule has 3 atom stereocenters. The Morgan fingerprint density at radius 3 is 2.61 bits per heavy atom. The van der Waals surface area contributed by atoms with Crippen molar-refractivity contribution in [3.05, 3.63) is 0 Å². The van der Waals surface area contributed by atoms with E-state index in [-0.39, 0.29) is 18.5 Å². The molecule has 0 spiro atoms. The molecule has 0 aromatic heterocycles. The van der Waals surface area contributed by atoms with E-state index >= 15 is 0 Å². The van der Waals surface area contributed by atoms with Crippen molar-refractivity contribution < 1.29 is 14.7 Å². The zero-order valence-electron chi connectivity index (χ0n) is 10.9. The average Bonchev–Trinajstić information content (AvgIpc) is 2.37. The number of carboxylic acids is 1. The van der Waals surface area contributed by atoms with Gasteiger partial charge in [0.15, 0.2) is 0 Å². The van der Waals surface area contributed by atoms with Crippen LogP contribution >= 0.6 is 0 Å². The summed E-state index contributed by atoms with van der Waals surface area (Å²) in [5.74, 6) is -0.417. The molecule has 2 N–H and O–H groups in total. The van der Waals surface area contributed by atoms with Crippen LogP contribution in [0.5, 0.6) is 0 Å². The Morgan fingerprint density at radius 2 is 1.94 bits per heavy atom. The lowest BCUT2D eigenvalue weighted by molar-refractivity contribution is -0.157. The van der Waals surface area contributed by atoms with Crippen molar-refractivity contribution >= 4 is 11.9 Å². The van der Waals surface area contributed by atoms with Gasteiger partial charge in [-0.25, -0.2) is 4.79 Å². The molecule has 1 aliphatic heterocycles. The molecule has 0 aromatic carbocycles. The van der Waals surface area contributed by atoms with Gasteiger partial charge >= 0.3 is 5.97 Å². The Labute approximate surface area is 108 Å². The topological polar surface area (TPSA) is 69.6 Å². The predicted octanol–water partition coefficient (Wildman–Crippen LogP) is 0.840. The summed E-state index contributed by atoms with van der Waals surface area (Å²) in [6, 6.07) is -0.473. The van der Waals surface area contributed by atoms with Gasteiger partial charge in [0, 0.05) is 6.04 Å². The highest BCUT2D eigenvalue weighted by Crippen LogP contribution is 2.37. The lowest BCUT2D eigenvalue weighted by atomic mass is 9.76. The molecule has 1 amide bonds. The molecular weight excluding hydrogens is 232 g/mol. The Kier molecular flexibility index (Phi) is 4.22. The SMILES string of the molecule is CNCC(=O)N1C(C(=O)O)CCC2CCCCC21. The molecule has 1 aliphatic carbocycles. The molecule has 18 heavy (non-hydrogen) atoms. The molecule has 5 nitrogen and oxygen atoms in total. The van der Waals surface area contributed by atoms with Crippen LogP contribution in [0.25, 0.3) is 0 Å². The van der Waals surface area contributed by atoms with Gasteiger partial charge in [-0.2, -0.15) is 0 Å². The Bertz CT molecular complexity index is 332. The van der Waals surface area contributed by atoms with Crippen LogP contribution < -0.4 is 5.32 Å². The first-order chi connectivity index (χ1) is 8.65. The smallest absolute Gasteiger partial charge is 0.326 e. The van der Waals surface area contributed by atoms with Gasteiger partial charge in [0.25, 0.3) is 0 Å². The lowest BCUT2D eigenvalue weighted by Gasteiger charge is -2.47. The summed E-state index contributed by atoms with van der Waals surface area (Å²) in [5, 5.41) is 12.1. The van der Waals surface area contributed by atoms with Gasteiger partial charge in [-0.1, -0.05) is 12.8 Å². The van der Waals surface area contributed by atoms with Gasteiger partial charge in [0.05, 0.1) is 6.54 Å². The number of piperidine rings is 1. The molecule has 0 radical (unpaired) electrons. The van der Waals surface area contributed by atoms with E-state index in [9.17, 15) is 14.7 Å². The van der Waals surface area contributed by atoms with Gasteiger partial charge in [0.2, 0.25) is 5.91 Å². The summed E-state index contributed by atoms with van der Waals surface area (Å²) in [6.07, 6.45) is 5.98. The first-order valence-electron chi connectivity index (χ1n) is 6.83. The average molecular weight is 254 g/mol. The summed E-state index contributed by atoms with van der Waals surface area (Å²) in [4.78, 5) is 25.2. The summed E-state index contributed by atoms with van der Waals surface area (Å²) in [7, 11) is 1.72. The van der Waals surface area contributed by atoms with Crippen LogP contribution in [0.4, 0.5) is 0 Å². The zero-order valence-corrected chi connectivity index (χ0v) is 10.9. The van der Waals surface area contributed by atoms with Gasteiger partial charge in [-0.15, -0.1) is 0 Å². The number of amides is 1. The van der Waals surface area contributed by atoms with Crippen molar-refractivity contribution in [1.82, 2.24) is 10.2 Å². The van der Waals surface area contributed by atoms with E-state index in [1.807, 2.05) is 0 Å². The van der Waals surface area contributed by atoms with E-state index in [4.69, 9.17) is 0 Å². The molecule has 0 aromatic rings. The third kappa shape index (κ3) is 2.51. The number of nitrogens with zero attached hydrogens (tertiary/aromatic N) is 1. The van der Waals surface area contributed by atoms with Crippen LogP contribution in [0.15, 0.2) is 0 Å². The van der Waals surface area contributed by atoms with E-state index in [0.29, 0.717) is 12.3 Å². The number of aliphatic carboxylic acids is 1. The van der Waals surface area contributed by atoms with Crippen LogP contribution in [0, 0.1) is 5.92 Å². The standard InChI is InChI=1S/C13H22N2O3/c1-14-8-12(16)15-10-5-3-2-4-9(10)6-7-11(15)13(17)18/h9-11,14H,2-8H2,1H3,(H,17,18). The number of fused-ring (bicyclic) bond motifs is 1. The summed E-state index contributed by atoms with van der Waals surface area (Å²) in [6.45, 7) is 0.229. The van der Waals surface area contributed by atoms with Gasteiger partial charge in [0.1, 0.15) is 6.04 Å². The van der Waals surface area contributed by atoms with E-state index < -0.39 is 12.0 Å². The van der Waals surface area contributed by atoms with Crippen molar-refractivity contribution in [3.8, 4) is 0 Å². The number of hydrogen-bond acceptors (Lipinski definition) is 3. The Morgan fingerprint density at radius 1 is 1.22 bits per heavy atom. The number of nitrogens with one attached hydrogen (secondary N) is 1. The molecule has 3 unspecified atom stereocenters. The number of carbonyl (C=O) groups is 2. The molecule has 1 saturated heterocycles. The first-order valence-corrected chi connectivity index (χ1v) is 6.83. The predicted molar refractivity (Wildman–Crippen MR) is 67.2 cm³/mol. The first kappa shape index (κ1) is 13.3. The highest BCUT2D eigenvalue weighted by molar-refractivity contribution is 5.85. The maximum absolute atomic E-state index is 12.2. The second-order valence-corrected chi connectivity index (χ2v) is 5.37. The molecule has 1 heterocycles. The summed E-state index contributed by atoms with van der Waals surface area (Å²) < 4.78 is 0.